The molecule has 2 rings (SSSR count). The summed E-state index contributed by atoms with van der Waals surface area (Å²) in [7, 11) is 0. The Bertz CT molecular complexity index is 691. The zero-order valence-corrected chi connectivity index (χ0v) is 11.9. The number of hydrogen-bond donors (Lipinski definition) is 3. The van der Waals surface area contributed by atoms with Gasteiger partial charge in [0.1, 0.15) is 0 Å². The number of aromatic carboxylic acids is 1. The van der Waals surface area contributed by atoms with Crippen LogP contribution in [-0.2, 0) is 0 Å². The highest BCUT2D eigenvalue weighted by atomic mass is 32.1. The van der Waals surface area contributed by atoms with E-state index in [1.807, 2.05) is 0 Å². The van der Waals surface area contributed by atoms with Crippen LogP contribution in [-0.4, -0.2) is 22.1 Å². The van der Waals surface area contributed by atoms with Crippen molar-refractivity contribution in [2.75, 3.05) is 5.32 Å². The maximum atomic E-state index is 11.9. The molecule has 2 aromatic rings. The van der Waals surface area contributed by atoms with Gasteiger partial charge in [-0.25, -0.2) is 4.79 Å². The van der Waals surface area contributed by atoms with E-state index in [2.05, 4.69) is 10.6 Å². The quantitative estimate of drug-likeness (QED) is 0.754. The van der Waals surface area contributed by atoms with E-state index in [4.69, 9.17) is 21.7 Å². The fourth-order valence-corrected chi connectivity index (χ4v) is 1.83. The van der Waals surface area contributed by atoms with Gasteiger partial charge in [0.05, 0.1) is 11.8 Å². The van der Waals surface area contributed by atoms with Crippen LogP contribution in [0.25, 0.3) is 0 Å². The first-order valence-corrected chi connectivity index (χ1v) is 6.38. The second kappa shape index (κ2) is 6.19. The lowest BCUT2D eigenvalue weighted by atomic mass is 10.2. The van der Waals surface area contributed by atoms with Crippen molar-refractivity contribution in [3.05, 3.63) is 53.5 Å². The first-order valence-electron chi connectivity index (χ1n) is 5.97. The highest BCUT2D eigenvalue weighted by Gasteiger charge is 2.14. The molecule has 0 fully saturated rings. The predicted octanol–water partition coefficient (Wildman–Crippen LogP) is 2.41. The lowest BCUT2D eigenvalue weighted by Crippen LogP contribution is -2.34. The fraction of sp³-hybridized carbons (Fsp3) is 0.0714. The second-order valence-electron chi connectivity index (χ2n) is 4.22. The van der Waals surface area contributed by atoms with E-state index in [-0.39, 0.29) is 16.4 Å². The Hall–Kier alpha value is -2.67. The summed E-state index contributed by atoms with van der Waals surface area (Å²) in [5.74, 6) is -1.26. The van der Waals surface area contributed by atoms with E-state index in [1.165, 1.54) is 18.4 Å². The minimum Gasteiger partial charge on any atom is -0.478 e. The van der Waals surface area contributed by atoms with Crippen molar-refractivity contribution in [2.45, 2.75) is 6.92 Å². The highest BCUT2D eigenvalue weighted by Crippen LogP contribution is 2.11. The summed E-state index contributed by atoms with van der Waals surface area (Å²) in [6, 6.07) is 7.66. The smallest absolute Gasteiger partial charge is 0.335 e. The molecule has 6 nitrogen and oxygen atoms in total. The van der Waals surface area contributed by atoms with Crippen molar-refractivity contribution in [2.24, 2.45) is 0 Å². The molecule has 1 aromatic carbocycles. The van der Waals surface area contributed by atoms with Crippen LogP contribution >= 0.6 is 12.2 Å². The van der Waals surface area contributed by atoms with Crippen LogP contribution in [0, 0.1) is 6.92 Å². The van der Waals surface area contributed by atoms with E-state index in [0.717, 1.165) is 0 Å². The molecule has 0 saturated heterocycles. The molecule has 0 aliphatic rings. The average molecular weight is 304 g/mol. The number of carboxylic acids is 1. The van der Waals surface area contributed by atoms with E-state index in [0.29, 0.717) is 11.3 Å². The minimum atomic E-state index is -1.01. The summed E-state index contributed by atoms with van der Waals surface area (Å²) < 4.78 is 5.05. The number of aryl methyl sites for hydroxylation is 1. The second-order valence-corrected chi connectivity index (χ2v) is 4.63. The summed E-state index contributed by atoms with van der Waals surface area (Å²) in [6.45, 7) is 1.75. The molecule has 0 atom stereocenters. The van der Waals surface area contributed by atoms with Crippen LogP contribution in [0.4, 0.5) is 5.69 Å². The Labute approximate surface area is 125 Å². The Morgan fingerprint density at radius 1 is 1.19 bits per heavy atom. The molecular formula is C14H12N2O4S. The molecule has 0 aliphatic heterocycles. The lowest BCUT2D eigenvalue weighted by molar-refractivity contribution is 0.0696. The number of carbonyl (C=O) groups is 2. The molecule has 108 valence electrons. The first kappa shape index (κ1) is 14.7. The molecule has 7 heteroatoms. The maximum Gasteiger partial charge on any atom is 0.335 e. The van der Waals surface area contributed by atoms with Gasteiger partial charge in [0, 0.05) is 11.3 Å². The summed E-state index contributed by atoms with van der Waals surface area (Å²) in [5.41, 5.74) is 1.45. The van der Waals surface area contributed by atoms with Gasteiger partial charge in [0.15, 0.2) is 10.9 Å². The number of rotatable bonds is 3. The third-order valence-corrected chi connectivity index (χ3v) is 2.89. The zero-order valence-electron chi connectivity index (χ0n) is 11.0. The normalized spacial score (nSPS) is 9.95. The third-order valence-electron chi connectivity index (χ3n) is 2.69. The van der Waals surface area contributed by atoms with E-state index >= 15 is 0 Å². The number of benzene rings is 1. The molecule has 0 bridgehead atoms. The molecule has 0 aliphatic carbocycles. The van der Waals surface area contributed by atoms with Gasteiger partial charge in [-0.15, -0.1) is 0 Å². The van der Waals surface area contributed by atoms with Gasteiger partial charge in [-0.05, 0) is 49.5 Å². The molecule has 3 N–H and O–H groups in total. The predicted molar refractivity (Wildman–Crippen MR) is 80.5 cm³/mol. The Morgan fingerprint density at radius 3 is 2.38 bits per heavy atom. The zero-order chi connectivity index (χ0) is 15.4. The van der Waals surface area contributed by atoms with E-state index < -0.39 is 11.9 Å². The van der Waals surface area contributed by atoms with Crippen LogP contribution in [0.1, 0.15) is 26.5 Å². The van der Waals surface area contributed by atoms with Crippen molar-refractivity contribution >= 4 is 34.9 Å². The first-order chi connectivity index (χ1) is 9.97. The van der Waals surface area contributed by atoms with Crippen LogP contribution in [0.5, 0.6) is 0 Å². The molecule has 21 heavy (non-hydrogen) atoms. The fourth-order valence-electron chi connectivity index (χ4n) is 1.62. The number of hydrogen-bond acceptors (Lipinski definition) is 4. The molecule has 1 heterocycles. The van der Waals surface area contributed by atoms with Gasteiger partial charge in [-0.3, -0.25) is 10.1 Å². The SMILES string of the molecule is Cc1ccoc1C(=O)NC(=S)Nc1ccc(C(=O)O)cc1. The lowest BCUT2D eigenvalue weighted by Gasteiger charge is -2.09. The Morgan fingerprint density at radius 2 is 1.86 bits per heavy atom. The molecule has 0 spiro atoms. The highest BCUT2D eigenvalue weighted by molar-refractivity contribution is 7.80. The largest absolute Gasteiger partial charge is 0.478 e. The summed E-state index contributed by atoms with van der Waals surface area (Å²) in [6.07, 6.45) is 1.42. The van der Waals surface area contributed by atoms with Crippen LogP contribution in [0.15, 0.2) is 41.0 Å². The van der Waals surface area contributed by atoms with Crippen molar-refractivity contribution in [3.8, 4) is 0 Å². The molecule has 0 radical (unpaired) electrons. The number of amides is 1. The molecule has 1 aromatic heterocycles. The van der Waals surface area contributed by atoms with Gasteiger partial charge in [-0.2, -0.15) is 0 Å². The number of thiocarbonyl (C=S) groups is 1. The van der Waals surface area contributed by atoms with E-state index in [1.54, 1.807) is 25.1 Å². The van der Waals surface area contributed by atoms with Crippen molar-refractivity contribution < 1.29 is 19.1 Å². The van der Waals surface area contributed by atoms with Crippen LogP contribution in [0.2, 0.25) is 0 Å². The topological polar surface area (TPSA) is 91.6 Å². The van der Waals surface area contributed by atoms with Gasteiger partial charge >= 0.3 is 5.97 Å². The van der Waals surface area contributed by atoms with Crippen molar-refractivity contribution in [3.63, 3.8) is 0 Å². The van der Waals surface area contributed by atoms with Crippen molar-refractivity contribution in [1.82, 2.24) is 5.32 Å². The number of carboxylic acid groups (broad SMARTS) is 1. The van der Waals surface area contributed by atoms with E-state index in [9.17, 15) is 9.59 Å². The summed E-state index contributed by atoms with van der Waals surface area (Å²) in [5, 5.41) is 14.2. The number of furan rings is 1. The standard InChI is InChI=1S/C14H12N2O4S/c1-8-6-7-20-11(8)12(17)16-14(21)15-10-4-2-9(3-5-10)13(18)19/h2-7H,1H3,(H,18,19)(H2,15,16,17,21). The third kappa shape index (κ3) is 3.67. The van der Waals surface area contributed by atoms with Crippen LogP contribution < -0.4 is 10.6 Å². The Balaban J connectivity index is 1.97. The number of nitrogens with one attached hydrogen (secondary N) is 2. The van der Waals surface area contributed by atoms with Crippen molar-refractivity contribution in [1.29, 1.82) is 0 Å². The molecule has 0 unspecified atom stereocenters. The monoisotopic (exact) mass is 304 g/mol. The molecular weight excluding hydrogens is 292 g/mol. The number of carbonyl (C=O) groups excluding carboxylic acids is 1. The minimum absolute atomic E-state index is 0.0962. The average Bonchev–Trinajstić information content (AvgIpc) is 2.85. The number of anilines is 1. The van der Waals surface area contributed by atoms with Crippen LogP contribution in [0.3, 0.4) is 0 Å². The molecule has 0 saturated carbocycles. The van der Waals surface area contributed by atoms with Gasteiger partial charge in [0.2, 0.25) is 0 Å². The summed E-state index contributed by atoms with van der Waals surface area (Å²) >= 11 is 5.01. The Kier molecular flexibility index (Phi) is 4.34. The van der Waals surface area contributed by atoms with Gasteiger partial charge in [-0.1, -0.05) is 0 Å². The van der Waals surface area contributed by atoms with Gasteiger partial charge in [0.25, 0.3) is 5.91 Å². The van der Waals surface area contributed by atoms with Gasteiger partial charge < -0.3 is 14.8 Å². The summed E-state index contributed by atoms with van der Waals surface area (Å²) in [4.78, 5) is 22.6. The molecule has 1 amide bonds. The maximum absolute atomic E-state index is 11.9.